The van der Waals surface area contributed by atoms with E-state index in [-0.39, 0.29) is 41.1 Å². The number of carbonyl (C=O) groups excluding carboxylic acids is 1. The van der Waals surface area contributed by atoms with Crippen molar-refractivity contribution < 1.29 is 114 Å². The van der Waals surface area contributed by atoms with Gasteiger partial charge in [-0.15, -0.1) is 0 Å². The number of carbonyl (C=O) groups is 1. The van der Waals surface area contributed by atoms with E-state index < -0.39 is 171 Å². The van der Waals surface area contributed by atoms with Gasteiger partial charge in [0.05, 0.1) is 37.6 Å². The number of esters is 1. The molecule has 0 aromatic rings. The molecule has 23 heteroatoms. The molecule has 0 bridgehead atoms. The lowest BCUT2D eigenvalue weighted by atomic mass is 9.35. The van der Waals surface area contributed by atoms with Crippen LogP contribution in [0.2, 0.25) is 0 Å². The average Bonchev–Trinajstić information content (AvgIpc) is 3.00. The van der Waals surface area contributed by atoms with Crippen LogP contribution in [-0.2, 0) is 47.4 Å². The minimum Gasteiger partial charge on any atom is -0.463 e. The number of ether oxygens (including phenoxy) is 9. The number of rotatable bonds is 16. The Bertz CT molecular complexity index is 2060. The van der Waals surface area contributed by atoms with E-state index in [4.69, 9.17) is 42.6 Å². The van der Waals surface area contributed by atoms with Gasteiger partial charge >= 0.3 is 5.97 Å². The third-order valence-electron chi connectivity index (χ3n) is 20.8. The molecule has 0 amide bonds. The van der Waals surface area contributed by atoms with Crippen molar-refractivity contribution in [1.29, 1.82) is 0 Å². The summed E-state index contributed by atoms with van der Waals surface area (Å²) < 4.78 is 54.1. The quantitative estimate of drug-likeness (QED) is 0.0501. The average molecular weight is 1120 g/mol. The van der Waals surface area contributed by atoms with E-state index in [1.165, 1.54) is 0 Å². The van der Waals surface area contributed by atoms with Crippen molar-refractivity contribution in [3.63, 3.8) is 0 Å². The minimum atomic E-state index is -1.85. The van der Waals surface area contributed by atoms with Gasteiger partial charge in [0.1, 0.15) is 98.2 Å². The van der Waals surface area contributed by atoms with Crippen molar-refractivity contribution in [2.45, 2.75) is 255 Å². The smallest absolute Gasteiger partial charge is 0.302 e. The van der Waals surface area contributed by atoms with Crippen LogP contribution in [0.1, 0.15) is 120 Å². The summed E-state index contributed by atoms with van der Waals surface area (Å²) in [5, 5.41) is 142. The highest BCUT2D eigenvalue weighted by molar-refractivity contribution is 5.65. The second-order valence-electron chi connectivity index (χ2n) is 25.9. The Morgan fingerprint density at radius 1 is 0.615 bits per heavy atom. The Morgan fingerprint density at radius 2 is 1.21 bits per heavy atom. The zero-order valence-corrected chi connectivity index (χ0v) is 46.6. The minimum absolute atomic E-state index is 0.0339. The summed E-state index contributed by atoms with van der Waals surface area (Å²) in [6.07, 6.45) is -23.1. The molecular weight excluding hydrogens is 1030 g/mol. The van der Waals surface area contributed by atoms with Crippen molar-refractivity contribution in [3.05, 3.63) is 11.6 Å². The maximum absolute atomic E-state index is 12.9. The first-order chi connectivity index (χ1) is 36.4. The molecule has 0 aromatic heterocycles. The maximum atomic E-state index is 12.9. The van der Waals surface area contributed by atoms with E-state index >= 15 is 0 Å². The Morgan fingerprint density at radius 3 is 1.85 bits per heavy atom. The normalized spacial score (nSPS) is 51.1. The molecule has 8 rings (SSSR count). The monoisotopic (exact) mass is 1120 g/mol. The van der Waals surface area contributed by atoms with E-state index in [1.807, 2.05) is 20.8 Å². The van der Waals surface area contributed by atoms with Gasteiger partial charge in [-0.25, -0.2) is 0 Å². The first-order valence-electron chi connectivity index (χ1n) is 28.2. The van der Waals surface area contributed by atoms with Gasteiger partial charge in [0, 0.05) is 6.92 Å². The van der Waals surface area contributed by atoms with Gasteiger partial charge in [0.25, 0.3) is 0 Å². The molecule has 450 valence electrons. The van der Waals surface area contributed by atoms with Crippen molar-refractivity contribution in [2.24, 2.45) is 45.3 Å². The van der Waals surface area contributed by atoms with Crippen LogP contribution in [0.25, 0.3) is 0 Å². The number of hydrogen-bond acceptors (Lipinski definition) is 23. The first-order valence-corrected chi connectivity index (χ1v) is 28.2. The van der Waals surface area contributed by atoms with E-state index in [0.29, 0.717) is 38.5 Å². The predicted molar refractivity (Wildman–Crippen MR) is 270 cm³/mol. The summed E-state index contributed by atoms with van der Waals surface area (Å²) >= 11 is 0. The highest BCUT2D eigenvalue weighted by Crippen LogP contribution is 2.76. The fraction of sp³-hybridized carbons (Fsp3) is 0.945. The van der Waals surface area contributed by atoms with Crippen LogP contribution in [0.3, 0.4) is 0 Å². The molecule has 2 unspecified atom stereocenters. The van der Waals surface area contributed by atoms with E-state index in [9.17, 15) is 71.2 Å². The number of hydrogen-bond donors (Lipinski definition) is 13. The van der Waals surface area contributed by atoms with Crippen LogP contribution >= 0.6 is 0 Å². The van der Waals surface area contributed by atoms with Crippen molar-refractivity contribution >= 4 is 5.97 Å². The molecule has 78 heavy (non-hydrogen) atoms. The molecule has 8 aliphatic rings. The summed E-state index contributed by atoms with van der Waals surface area (Å²) in [5.41, 5.74) is -1.55. The van der Waals surface area contributed by atoms with Gasteiger partial charge in [0.2, 0.25) is 0 Å². The van der Waals surface area contributed by atoms with Crippen molar-refractivity contribution in [3.8, 4) is 0 Å². The Kier molecular flexibility index (Phi) is 19.0. The van der Waals surface area contributed by atoms with Crippen molar-refractivity contribution in [2.75, 3.05) is 26.4 Å². The third-order valence-corrected chi connectivity index (χ3v) is 20.8. The molecular formula is C55H92O23. The van der Waals surface area contributed by atoms with Gasteiger partial charge in [0.15, 0.2) is 25.2 Å². The van der Waals surface area contributed by atoms with Gasteiger partial charge in [-0.2, -0.15) is 0 Å². The van der Waals surface area contributed by atoms with E-state index in [2.05, 4.69) is 40.7 Å². The van der Waals surface area contributed by atoms with Crippen LogP contribution < -0.4 is 0 Å². The topological polar surface area (TPSA) is 363 Å². The summed E-state index contributed by atoms with van der Waals surface area (Å²) in [7, 11) is 0. The molecule has 8 fully saturated rings. The molecule has 0 aromatic carbocycles. The fourth-order valence-electron chi connectivity index (χ4n) is 16.2. The van der Waals surface area contributed by atoms with Gasteiger partial charge in [-0.1, -0.05) is 46.3 Å². The van der Waals surface area contributed by atoms with Gasteiger partial charge < -0.3 is 109 Å². The van der Waals surface area contributed by atoms with Crippen molar-refractivity contribution in [1.82, 2.24) is 0 Å². The fourth-order valence-corrected chi connectivity index (χ4v) is 16.2. The summed E-state index contributed by atoms with van der Waals surface area (Å²) in [6, 6.07) is 0. The van der Waals surface area contributed by atoms with Crippen LogP contribution in [-0.4, -0.2) is 233 Å². The summed E-state index contributed by atoms with van der Waals surface area (Å²) in [5.74, 6) is -1.12. The second-order valence-corrected chi connectivity index (χ2v) is 25.9. The highest BCUT2D eigenvalue weighted by atomic mass is 16.8. The molecule has 4 aliphatic heterocycles. The standard InChI is InChI=1S/C55H92O23/c1-24(2)11-10-15-55(9,78-49-45(69)41(65)39(63)31(75-49)23-72-47-43(67)36(60)28(59)21-71-47)26-12-17-54(8)35(26)27(58)19-33-52(6)16-14-34(51(4,5)32(52)13-18-53(33,54)7)76-50-46(42(66)37(61)29(20-56)73-50)77-48-44(68)40(64)38(62)30(74-48)22-70-25(3)57/h11,26-50,56,58-69H,10,12-23H2,1-9H3/t26-,27-,28-,29+,30+,31+,32?,33?,34+,35+,36-,37+,38+,39+,40-,41-,42-,43+,44+,45+,46+,47-,48-,49-,50-,52-,53+,54-,55-/m0/s1. The van der Waals surface area contributed by atoms with E-state index in [1.54, 1.807) is 0 Å². The SMILES string of the molecule is CC(=O)OC[C@H]1O[C@@H](O[C@H]2[C@H](O[C@@H]3CC[C@@]4(C)C(CC[C@]5(C)C4C[C@H](O)[C@H]4[C@@H]([C@](C)(CCC=C(C)C)O[C@@H]6O[C@H](CO[C@@H]7OC[C@H](O)[C@H](O)[C@H]7O)[C@@H](O)[C@H](O)[C@H]6O)CC[C@@]45C)C3(C)C)O[C@H](CO)[C@@H](O)[C@@H]2O)[C@H](O)[C@@H](O)[C@@H]1O. The molecule has 0 radical (unpaired) electrons. The molecule has 4 heterocycles. The number of allylic oxidation sites excluding steroid dienone is 2. The lowest BCUT2D eigenvalue weighted by Crippen LogP contribution is -2.68. The van der Waals surface area contributed by atoms with E-state index in [0.717, 1.165) is 31.8 Å². The van der Waals surface area contributed by atoms with Crippen LogP contribution in [0.15, 0.2) is 11.6 Å². The molecule has 4 saturated heterocycles. The highest BCUT2D eigenvalue weighted by Gasteiger charge is 2.72. The van der Waals surface area contributed by atoms with Gasteiger partial charge in [-0.3, -0.25) is 4.79 Å². The van der Waals surface area contributed by atoms with Gasteiger partial charge in [-0.05, 0) is 124 Å². The molecule has 0 spiro atoms. The maximum Gasteiger partial charge on any atom is 0.302 e. The Balaban J connectivity index is 1.01. The van der Waals surface area contributed by atoms with Crippen LogP contribution in [0.5, 0.6) is 0 Å². The summed E-state index contributed by atoms with van der Waals surface area (Å²) in [4.78, 5) is 11.6. The lowest BCUT2D eigenvalue weighted by molar-refractivity contribution is -0.378. The zero-order chi connectivity index (χ0) is 57.4. The number of aliphatic hydroxyl groups is 13. The molecule has 13 N–H and O–H groups in total. The van der Waals surface area contributed by atoms with Crippen LogP contribution in [0.4, 0.5) is 0 Å². The number of aliphatic hydroxyl groups excluding tert-OH is 13. The predicted octanol–water partition coefficient (Wildman–Crippen LogP) is -0.993. The molecule has 4 saturated carbocycles. The van der Waals surface area contributed by atoms with Crippen LogP contribution in [0, 0.1) is 45.3 Å². The Hall–Kier alpha value is -1.63. The Labute approximate surface area is 456 Å². The lowest BCUT2D eigenvalue weighted by Gasteiger charge is -2.71. The first kappa shape index (κ1) is 62.4. The molecule has 23 nitrogen and oxygen atoms in total. The number of fused-ring (bicyclic) bond motifs is 5. The largest absolute Gasteiger partial charge is 0.463 e. The molecule has 4 aliphatic carbocycles. The molecule has 29 atom stereocenters. The third kappa shape index (κ3) is 11.3. The zero-order valence-electron chi connectivity index (χ0n) is 46.6. The summed E-state index contributed by atoms with van der Waals surface area (Å²) in [6.45, 7) is 16.5. The second kappa shape index (κ2) is 23.8.